The number of hydrogen-bond donors (Lipinski definition) is 2. The van der Waals surface area contributed by atoms with Crippen LogP contribution in [-0.2, 0) is 6.54 Å². The van der Waals surface area contributed by atoms with Crippen LogP contribution in [0, 0.1) is 5.82 Å². The molecule has 2 rings (SSSR count). The fourth-order valence-electron chi connectivity index (χ4n) is 2.96. The van der Waals surface area contributed by atoms with Crippen molar-refractivity contribution in [2.45, 2.75) is 45.7 Å². The number of hydrogen-bond acceptors (Lipinski definition) is 2. The standard InChI is InChI=1S/C18H28BrFN4/c1-3-9-24-10-7-16(8-11-24)23-18(21-4-2)22-13-14-12-15(19)5-6-17(14)20/h5-6,12,16H,3-4,7-11,13H2,1-2H3,(H2,21,22,23). The molecule has 0 bridgehead atoms. The Morgan fingerprint density at radius 2 is 2.08 bits per heavy atom. The highest BCUT2D eigenvalue weighted by atomic mass is 79.9. The Morgan fingerprint density at radius 1 is 1.33 bits per heavy atom. The van der Waals surface area contributed by atoms with Gasteiger partial charge in [-0.1, -0.05) is 22.9 Å². The van der Waals surface area contributed by atoms with Gasteiger partial charge in [-0.05, 0) is 50.9 Å². The third-order valence-electron chi connectivity index (χ3n) is 4.23. The zero-order chi connectivity index (χ0) is 17.4. The fourth-order valence-corrected chi connectivity index (χ4v) is 3.37. The Labute approximate surface area is 153 Å². The minimum atomic E-state index is -0.217. The van der Waals surface area contributed by atoms with Crippen molar-refractivity contribution in [3.8, 4) is 0 Å². The van der Waals surface area contributed by atoms with Crippen LogP contribution in [0.3, 0.4) is 0 Å². The lowest BCUT2D eigenvalue weighted by atomic mass is 10.1. The molecule has 2 N–H and O–H groups in total. The first-order valence-corrected chi connectivity index (χ1v) is 9.62. The van der Waals surface area contributed by atoms with Crippen molar-refractivity contribution in [3.63, 3.8) is 0 Å². The molecule has 1 aromatic rings. The van der Waals surface area contributed by atoms with E-state index in [2.05, 4.69) is 43.4 Å². The van der Waals surface area contributed by atoms with Crippen molar-refractivity contribution in [1.29, 1.82) is 0 Å². The highest BCUT2D eigenvalue weighted by molar-refractivity contribution is 9.10. The first-order valence-electron chi connectivity index (χ1n) is 8.83. The fraction of sp³-hybridized carbons (Fsp3) is 0.611. The second-order valence-corrected chi connectivity index (χ2v) is 7.11. The van der Waals surface area contributed by atoms with Gasteiger partial charge < -0.3 is 15.5 Å². The van der Waals surface area contributed by atoms with Crippen LogP contribution in [0.4, 0.5) is 4.39 Å². The van der Waals surface area contributed by atoms with E-state index in [1.54, 1.807) is 12.1 Å². The monoisotopic (exact) mass is 398 g/mol. The van der Waals surface area contributed by atoms with Crippen LogP contribution < -0.4 is 10.6 Å². The maximum atomic E-state index is 13.8. The lowest BCUT2D eigenvalue weighted by Gasteiger charge is -2.32. The molecule has 0 spiro atoms. The number of guanidine groups is 1. The van der Waals surface area contributed by atoms with Crippen molar-refractivity contribution < 1.29 is 4.39 Å². The molecule has 0 aromatic heterocycles. The molecule has 1 heterocycles. The number of aliphatic imine (C=N–C) groups is 1. The van der Waals surface area contributed by atoms with Crippen molar-refractivity contribution in [3.05, 3.63) is 34.1 Å². The van der Waals surface area contributed by atoms with Gasteiger partial charge in [0.25, 0.3) is 0 Å². The first kappa shape index (κ1) is 19.2. The van der Waals surface area contributed by atoms with Gasteiger partial charge in [0.2, 0.25) is 0 Å². The molecule has 1 aliphatic rings. The molecule has 1 fully saturated rings. The van der Waals surface area contributed by atoms with E-state index in [1.807, 2.05) is 6.92 Å². The minimum Gasteiger partial charge on any atom is -0.357 e. The predicted octanol–water partition coefficient (Wildman–Crippen LogP) is 3.52. The van der Waals surface area contributed by atoms with Crippen LogP contribution in [0.1, 0.15) is 38.7 Å². The van der Waals surface area contributed by atoms with Gasteiger partial charge in [0, 0.05) is 35.7 Å². The lowest BCUT2D eigenvalue weighted by Crippen LogP contribution is -2.48. The normalized spacial score (nSPS) is 17.1. The molecule has 0 amide bonds. The summed E-state index contributed by atoms with van der Waals surface area (Å²) < 4.78 is 14.7. The Balaban J connectivity index is 1.92. The van der Waals surface area contributed by atoms with Crippen molar-refractivity contribution in [2.75, 3.05) is 26.2 Å². The molecule has 0 atom stereocenters. The molecule has 1 aliphatic heterocycles. The number of nitrogens with zero attached hydrogens (tertiary/aromatic N) is 2. The van der Waals surface area contributed by atoms with E-state index in [0.717, 1.165) is 42.9 Å². The molecule has 0 radical (unpaired) electrons. The van der Waals surface area contributed by atoms with Gasteiger partial charge in [-0.15, -0.1) is 0 Å². The molecule has 0 aliphatic carbocycles. The van der Waals surface area contributed by atoms with Crippen LogP contribution in [0.5, 0.6) is 0 Å². The third-order valence-corrected chi connectivity index (χ3v) is 4.72. The molecule has 6 heteroatoms. The molecule has 1 saturated heterocycles. The van der Waals surface area contributed by atoms with Gasteiger partial charge in [-0.25, -0.2) is 9.38 Å². The van der Waals surface area contributed by atoms with Crippen molar-refractivity contribution >= 4 is 21.9 Å². The summed E-state index contributed by atoms with van der Waals surface area (Å²) >= 11 is 3.38. The van der Waals surface area contributed by atoms with Crippen molar-refractivity contribution in [2.24, 2.45) is 4.99 Å². The van der Waals surface area contributed by atoms with Gasteiger partial charge in [0.15, 0.2) is 5.96 Å². The SMILES string of the molecule is CCCN1CCC(NC(=NCc2cc(Br)ccc2F)NCC)CC1. The van der Waals surface area contributed by atoms with Crippen LogP contribution in [0.2, 0.25) is 0 Å². The summed E-state index contributed by atoms with van der Waals surface area (Å²) in [6.45, 7) is 8.83. The van der Waals surface area contributed by atoms with Gasteiger partial charge in [-0.3, -0.25) is 0 Å². The maximum absolute atomic E-state index is 13.8. The van der Waals surface area contributed by atoms with Gasteiger partial charge >= 0.3 is 0 Å². The number of piperidine rings is 1. The number of halogens is 2. The van der Waals surface area contributed by atoms with Gasteiger partial charge in [0.1, 0.15) is 5.82 Å². The smallest absolute Gasteiger partial charge is 0.191 e. The zero-order valence-corrected chi connectivity index (χ0v) is 16.2. The summed E-state index contributed by atoms with van der Waals surface area (Å²) in [5, 5.41) is 6.76. The molecule has 0 saturated carbocycles. The maximum Gasteiger partial charge on any atom is 0.191 e. The average Bonchev–Trinajstić information content (AvgIpc) is 2.57. The lowest BCUT2D eigenvalue weighted by molar-refractivity contribution is 0.206. The Morgan fingerprint density at radius 3 is 2.75 bits per heavy atom. The zero-order valence-electron chi connectivity index (χ0n) is 14.6. The topological polar surface area (TPSA) is 39.7 Å². The number of nitrogens with one attached hydrogen (secondary N) is 2. The van der Waals surface area contributed by atoms with Crippen LogP contribution >= 0.6 is 15.9 Å². The van der Waals surface area contributed by atoms with E-state index in [-0.39, 0.29) is 5.82 Å². The number of benzene rings is 1. The Hall–Kier alpha value is -1.14. The second kappa shape index (κ2) is 9.99. The van der Waals surface area contributed by atoms with Gasteiger partial charge in [0.05, 0.1) is 6.54 Å². The summed E-state index contributed by atoms with van der Waals surface area (Å²) in [5.41, 5.74) is 0.597. The van der Waals surface area contributed by atoms with Crippen LogP contribution in [0.25, 0.3) is 0 Å². The summed E-state index contributed by atoms with van der Waals surface area (Å²) in [4.78, 5) is 7.07. The van der Waals surface area contributed by atoms with E-state index in [4.69, 9.17) is 0 Å². The molecule has 4 nitrogen and oxygen atoms in total. The summed E-state index contributed by atoms with van der Waals surface area (Å²) in [5.74, 6) is 0.552. The Bertz CT molecular complexity index is 542. The molecule has 134 valence electrons. The van der Waals surface area contributed by atoms with E-state index in [1.165, 1.54) is 19.0 Å². The highest BCUT2D eigenvalue weighted by Gasteiger charge is 2.19. The van der Waals surface area contributed by atoms with E-state index in [9.17, 15) is 4.39 Å². The Kier molecular flexibility index (Phi) is 7.99. The van der Waals surface area contributed by atoms with Gasteiger partial charge in [-0.2, -0.15) is 0 Å². The minimum absolute atomic E-state index is 0.217. The summed E-state index contributed by atoms with van der Waals surface area (Å²) in [6, 6.07) is 5.39. The van der Waals surface area contributed by atoms with E-state index in [0.29, 0.717) is 18.2 Å². The molecule has 24 heavy (non-hydrogen) atoms. The van der Waals surface area contributed by atoms with E-state index >= 15 is 0 Å². The summed E-state index contributed by atoms with van der Waals surface area (Å²) in [6.07, 6.45) is 3.45. The van der Waals surface area contributed by atoms with Crippen LogP contribution in [0.15, 0.2) is 27.7 Å². The van der Waals surface area contributed by atoms with Crippen molar-refractivity contribution in [1.82, 2.24) is 15.5 Å². The second-order valence-electron chi connectivity index (χ2n) is 6.19. The molecule has 1 aromatic carbocycles. The van der Waals surface area contributed by atoms with E-state index < -0.39 is 0 Å². The molecule has 0 unspecified atom stereocenters. The highest BCUT2D eigenvalue weighted by Crippen LogP contribution is 2.16. The third kappa shape index (κ3) is 6.06. The number of rotatable bonds is 6. The number of likely N-dealkylation sites (tertiary alicyclic amines) is 1. The first-order chi connectivity index (χ1) is 11.6. The predicted molar refractivity (Wildman–Crippen MR) is 102 cm³/mol. The average molecular weight is 399 g/mol. The molecular weight excluding hydrogens is 371 g/mol. The summed E-state index contributed by atoms with van der Waals surface area (Å²) in [7, 11) is 0. The largest absolute Gasteiger partial charge is 0.357 e. The quantitative estimate of drug-likeness (QED) is 0.568. The molecular formula is C18H28BrFN4. The van der Waals surface area contributed by atoms with Crippen LogP contribution in [-0.4, -0.2) is 43.1 Å².